The lowest BCUT2D eigenvalue weighted by Crippen LogP contribution is -2.38. The zero-order valence-electron chi connectivity index (χ0n) is 11.8. The molecule has 20 heavy (non-hydrogen) atoms. The highest BCUT2D eigenvalue weighted by Gasteiger charge is 2.70. The summed E-state index contributed by atoms with van der Waals surface area (Å²) >= 11 is 0. The minimum absolute atomic E-state index is 0.397. The lowest BCUT2D eigenvalue weighted by molar-refractivity contribution is -0.146. The molecule has 5 fully saturated rings. The summed E-state index contributed by atoms with van der Waals surface area (Å²) in [6.07, 6.45) is 8.80. The minimum Gasteiger partial charge on any atom is -0.481 e. The van der Waals surface area contributed by atoms with Gasteiger partial charge in [0.2, 0.25) is 0 Å². The number of hydrogen-bond donors (Lipinski definition) is 1. The first-order valence-electron chi connectivity index (χ1n) is 8.67. The maximum atomic E-state index is 12.0. The number of hydrogen-bond acceptors (Lipinski definition) is 1. The second-order valence-corrected chi connectivity index (χ2v) is 8.66. The Morgan fingerprint density at radius 2 is 1.95 bits per heavy atom. The van der Waals surface area contributed by atoms with Gasteiger partial charge < -0.3 is 5.11 Å². The molecular formula is C18H22O2. The monoisotopic (exact) mass is 270 g/mol. The van der Waals surface area contributed by atoms with E-state index in [0.717, 1.165) is 48.3 Å². The van der Waals surface area contributed by atoms with Crippen molar-refractivity contribution in [3.8, 4) is 0 Å². The Balaban J connectivity index is 1.57. The number of fused-ring (bicyclic) bond motifs is 15. The lowest BCUT2D eigenvalue weighted by atomic mass is 9.62. The molecule has 0 radical (unpaired) electrons. The molecule has 0 aromatic heterocycles. The van der Waals surface area contributed by atoms with Gasteiger partial charge in [-0.25, -0.2) is 0 Å². The fourth-order valence-electron chi connectivity index (χ4n) is 8.23. The average Bonchev–Trinajstić information content (AvgIpc) is 3.22. The minimum atomic E-state index is -0.489. The zero-order valence-corrected chi connectivity index (χ0v) is 11.8. The Hall–Kier alpha value is -0.790. The molecule has 2 nitrogen and oxygen atoms in total. The fraction of sp³-hybridized carbons (Fsp3) is 0.833. The third-order valence-electron chi connectivity index (χ3n) is 8.46. The molecule has 1 N–H and O–H groups in total. The van der Waals surface area contributed by atoms with Crippen molar-refractivity contribution in [3.63, 3.8) is 0 Å². The van der Waals surface area contributed by atoms with Crippen LogP contribution < -0.4 is 0 Å². The van der Waals surface area contributed by atoms with Crippen LogP contribution in [0.5, 0.6) is 0 Å². The molecule has 0 aromatic carbocycles. The number of carboxylic acid groups (broad SMARTS) is 1. The molecule has 8 unspecified atom stereocenters. The van der Waals surface area contributed by atoms with Gasteiger partial charge in [0, 0.05) is 0 Å². The Morgan fingerprint density at radius 3 is 2.80 bits per heavy atom. The first-order valence-corrected chi connectivity index (χ1v) is 8.67. The van der Waals surface area contributed by atoms with Gasteiger partial charge in [-0.1, -0.05) is 5.57 Å². The van der Waals surface area contributed by atoms with Gasteiger partial charge in [0.1, 0.15) is 0 Å². The molecule has 0 spiro atoms. The number of aliphatic carboxylic acids is 1. The van der Waals surface area contributed by atoms with E-state index in [2.05, 4.69) is 0 Å². The Bertz CT molecular complexity index is 576. The summed E-state index contributed by atoms with van der Waals surface area (Å²) < 4.78 is 0. The lowest BCUT2D eigenvalue weighted by Gasteiger charge is -2.41. The molecular weight excluding hydrogens is 248 g/mol. The summed E-state index contributed by atoms with van der Waals surface area (Å²) in [6, 6.07) is 0. The van der Waals surface area contributed by atoms with Crippen molar-refractivity contribution < 1.29 is 9.90 Å². The van der Waals surface area contributed by atoms with Gasteiger partial charge in [-0.05, 0) is 91.9 Å². The van der Waals surface area contributed by atoms with Crippen LogP contribution in [0.4, 0.5) is 0 Å². The highest BCUT2D eigenvalue weighted by atomic mass is 16.4. The maximum absolute atomic E-state index is 12.0. The molecule has 8 atom stereocenters. The predicted molar refractivity (Wildman–Crippen MR) is 73.8 cm³/mol. The highest BCUT2D eigenvalue weighted by Crippen LogP contribution is 2.76. The third-order valence-corrected chi connectivity index (χ3v) is 8.46. The second-order valence-electron chi connectivity index (χ2n) is 8.66. The first kappa shape index (κ1) is 10.9. The van der Waals surface area contributed by atoms with E-state index in [0.29, 0.717) is 5.92 Å². The van der Waals surface area contributed by atoms with Crippen molar-refractivity contribution in [1.29, 1.82) is 0 Å². The van der Waals surface area contributed by atoms with E-state index in [9.17, 15) is 9.90 Å². The molecule has 0 heterocycles. The smallest absolute Gasteiger partial charge is 0.313 e. The van der Waals surface area contributed by atoms with E-state index < -0.39 is 11.4 Å². The van der Waals surface area contributed by atoms with E-state index in [1.54, 1.807) is 5.57 Å². The fourth-order valence-corrected chi connectivity index (χ4v) is 8.23. The van der Waals surface area contributed by atoms with Crippen molar-refractivity contribution in [2.75, 3.05) is 0 Å². The molecule has 0 saturated heterocycles. The third kappa shape index (κ3) is 0.892. The van der Waals surface area contributed by atoms with Crippen LogP contribution in [0.15, 0.2) is 11.1 Å². The zero-order chi connectivity index (χ0) is 13.2. The molecule has 6 rings (SSSR count). The number of carboxylic acids is 1. The van der Waals surface area contributed by atoms with E-state index in [4.69, 9.17) is 0 Å². The van der Waals surface area contributed by atoms with Gasteiger partial charge in [0.25, 0.3) is 0 Å². The van der Waals surface area contributed by atoms with Crippen molar-refractivity contribution in [1.82, 2.24) is 0 Å². The van der Waals surface area contributed by atoms with Gasteiger partial charge in [-0.15, -0.1) is 0 Å². The first-order chi connectivity index (χ1) is 9.71. The topological polar surface area (TPSA) is 37.3 Å². The van der Waals surface area contributed by atoms with Crippen LogP contribution >= 0.6 is 0 Å². The standard InChI is InChI=1S/C18H22O2/c19-17(20)18-4-3-10(7-18)15-11-6-12(16(15)18)14-9-2-1-8(5-9)13(11)14/h8-11,13-15H,1-7H2,(H,19,20). The summed E-state index contributed by atoms with van der Waals surface area (Å²) in [5.74, 6) is 5.56. The van der Waals surface area contributed by atoms with E-state index in [1.165, 1.54) is 37.7 Å². The van der Waals surface area contributed by atoms with Crippen LogP contribution in [0.3, 0.4) is 0 Å². The van der Waals surface area contributed by atoms with Gasteiger partial charge >= 0.3 is 5.97 Å². The summed E-state index contributed by atoms with van der Waals surface area (Å²) in [5.41, 5.74) is 2.80. The summed E-state index contributed by atoms with van der Waals surface area (Å²) in [7, 11) is 0. The number of carbonyl (C=O) groups is 1. The molecule has 106 valence electrons. The van der Waals surface area contributed by atoms with Crippen molar-refractivity contribution >= 4 is 5.97 Å². The van der Waals surface area contributed by atoms with Crippen LogP contribution in [0.2, 0.25) is 0 Å². The van der Waals surface area contributed by atoms with Crippen molar-refractivity contribution in [2.24, 2.45) is 46.8 Å². The normalized spacial score (nSPS) is 60.5. The van der Waals surface area contributed by atoms with Gasteiger partial charge in [-0.2, -0.15) is 0 Å². The SMILES string of the molecule is O=C(O)C12CCC(C1)C1C2=C2CC1C1C3CCC(C3)C21. The maximum Gasteiger partial charge on any atom is 0.313 e. The van der Waals surface area contributed by atoms with Crippen LogP contribution in [0.1, 0.15) is 44.9 Å². The summed E-state index contributed by atoms with van der Waals surface area (Å²) in [4.78, 5) is 12.0. The van der Waals surface area contributed by atoms with E-state index in [-0.39, 0.29) is 0 Å². The molecule has 6 aliphatic rings. The van der Waals surface area contributed by atoms with E-state index in [1.807, 2.05) is 0 Å². The molecule has 5 saturated carbocycles. The van der Waals surface area contributed by atoms with E-state index >= 15 is 0 Å². The van der Waals surface area contributed by atoms with Gasteiger partial charge in [0.05, 0.1) is 5.41 Å². The van der Waals surface area contributed by atoms with Crippen molar-refractivity contribution in [3.05, 3.63) is 11.1 Å². The summed E-state index contributed by atoms with van der Waals surface area (Å²) in [6.45, 7) is 0. The second kappa shape index (κ2) is 3.03. The van der Waals surface area contributed by atoms with Gasteiger partial charge in [-0.3, -0.25) is 4.79 Å². The Labute approximate surface area is 119 Å². The van der Waals surface area contributed by atoms with Crippen LogP contribution in [-0.2, 0) is 4.79 Å². The molecule has 0 aliphatic heterocycles. The molecule has 6 bridgehead atoms. The highest BCUT2D eigenvalue weighted by molar-refractivity contribution is 5.81. The molecule has 0 amide bonds. The molecule has 2 heteroatoms. The molecule has 0 aromatic rings. The average molecular weight is 270 g/mol. The molecule has 6 aliphatic carbocycles. The van der Waals surface area contributed by atoms with Crippen LogP contribution in [0, 0.1) is 46.8 Å². The van der Waals surface area contributed by atoms with Gasteiger partial charge in [0.15, 0.2) is 0 Å². The summed E-state index contributed by atoms with van der Waals surface area (Å²) in [5, 5.41) is 9.90. The Morgan fingerprint density at radius 1 is 1.10 bits per heavy atom. The van der Waals surface area contributed by atoms with Crippen LogP contribution in [-0.4, -0.2) is 11.1 Å². The predicted octanol–water partition coefficient (Wildman–Crippen LogP) is 3.48. The Kier molecular flexibility index (Phi) is 1.65. The number of rotatable bonds is 1. The quantitative estimate of drug-likeness (QED) is 0.585. The largest absolute Gasteiger partial charge is 0.481 e. The van der Waals surface area contributed by atoms with Crippen molar-refractivity contribution in [2.45, 2.75) is 44.9 Å². The van der Waals surface area contributed by atoms with Crippen LogP contribution in [0.25, 0.3) is 0 Å². The number of allylic oxidation sites excluding steroid dienone is 1.